The SMILES string of the molecule is CCC1(N)C(c2ncc(N3CCOCC3)cc2Cc2cc(C(F)(F)F)cc(C(F)(F)F)c2)Cc2nc(C(F)(F)F)ccc2N1C(=O)O. The van der Waals surface area contributed by atoms with Gasteiger partial charge in [0.2, 0.25) is 0 Å². The Morgan fingerprint density at radius 3 is 2.13 bits per heavy atom. The standard InChI is InChI=1S/C30H28F9N5O3/c1-2-27(40)21(14-22-23(44(27)26(45)46)3-4-24(42-22)30(37,38)39)25-17(12-20(15-41-25)43-5-7-47-8-6-43)9-16-10-18(28(31,32)33)13-19(11-16)29(34,35)36/h3-4,10-13,15,21H,2,5-9,14,40H2,1H3,(H,45,46). The van der Waals surface area contributed by atoms with Gasteiger partial charge in [0, 0.05) is 25.4 Å². The number of fused-ring (bicyclic) bond motifs is 1. The molecular formula is C30H28F9N5O3. The maximum absolute atomic E-state index is 13.7. The molecule has 0 saturated carbocycles. The monoisotopic (exact) mass is 677 g/mol. The van der Waals surface area contributed by atoms with Crippen LogP contribution in [0.25, 0.3) is 0 Å². The van der Waals surface area contributed by atoms with Crippen molar-refractivity contribution in [3.05, 3.63) is 81.9 Å². The normalized spacial score (nSPS) is 20.7. The van der Waals surface area contributed by atoms with E-state index in [-0.39, 0.29) is 47.1 Å². The third-order valence-corrected chi connectivity index (χ3v) is 8.39. The largest absolute Gasteiger partial charge is 0.465 e. The number of anilines is 2. The fourth-order valence-corrected chi connectivity index (χ4v) is 6.07. The summed E-state index contributed by atoms with van der Waals surface area (Å²) in [5.41, 5.74) is 0.263. The molecule has 2 atom stereocenters. The van der Waals surface area contributed by atoms with Crippen LogP contribution in [0.15, 0.2) is 42.6 Å². The van der Waals surface area contributed by atoms with Gasteiger partial charge in [-0.2, -0.15) is 39.5 Å². The Labute approximate surface area is 262 Å². The highest BCUT2D eigenvalue weighted by atomic mass is 19.4. The number of rotatable bonds is 5. The number of amides is 1. The van der Waals surface area contributed by atoms with Crippen molar-refractivity contribution in [2.24, 2.45) is 5.73 Å². The molecule has 1 aromatic carbocycles. The van der Waals surface area contributed by atoms with Gasteiger partial charge in [0.15, 0.2) is 0 Å². The first-order valence-corrected chi connectivity index (χ1v) is 14.3. The van der Waals surface area contributed by atoms with Gasteiger partial charge in [-0.15, -0.1) is 0 Å². The van der Waals surface area contributed by atoms with Gasteiger partial charge < -0.3 is 20.5 Å². The van der Waals surface area contributed by atoms with Gasteiger partial charge in [-0.25, -0.2) is 9.78 Å². The van der Waals surface area contributed by atoms with Crippen LogP contribution in [0.5, 0.6) is 0 Å². The lowest BCUT2D eigenvalue weighted by molar-refractivity contribution is -0.143. The number of hydrogen-bond donors (Lipinski definition) is 2. The Balaban J connectivity index is 1.71. The number of pyridine rings is 2. The van der Waals surface area contributed by atoms with E-state index in [0.717, 1.165) is 6.07 Å². The zero-order valence-corrected chi connectivity index (χ0v) is 24.6. The number of benzene rings is 1. The number of nitrogens with zero attached hydrogens (tertiary/aromatic N) is 4. The molecule has 0 radical (unpaired) electrons. The quantitative estimate of drug-likeness (QED) is 0.285. The lowest BCUT2D eigenvalue weighted by atomic mass is 9.77. The lowest BCUT2D eigenvalue weighted by Crippen LogP contribution is -2.64. The molecule has 3 N–H and O–H groups in total. The number of nitrogens with two attached hydrogens (primary N) is 1. The van der Waals surface area contributed by atoms with Crippen LogP contribution in [-0.4, -0.2) is 53.1 Å². The molecule has 0 aliphatic carbocycles. The Hall–Kier alpha value is -4.12. The number of carbonyl (C=O) groups is 1. The summed E-state index contributed by atoms with van der Waals surface area (Å²) in [6.45, 7) is 3.00. The minimum Gasteiger partial charge on any atom is -0.465 e. The van der Waals surface area contributed by atoms with Gasteiger partial charge in [0.05, 0.1) is 53.3 Å². The first-order chi connectivity index (χ1) is 21.8. The molecule has 0 bridgehead atoms. The van der Waals surface area contributed by atoms with Crippen LogP contribution in [0.1, 0.15) is 58.6 Å². The van der Waals surface area contributed by atoms with Crippen LogP contribution in [0.4, 0.5) is 55.7 Å². The second kappa shape index (κ2) is 12.2. The van der Waals surface area contributed by atoms with E-state index in [9.17, 15) is 49.4 Å². The molecule has 2 aliphatic heterocycles. The highest BCUT2D eigenvalue weighted by Gasteiger charge is 2.50. The van der Waals surface area contributed by atoms with E-state index in [1.165, 1.54) is 19.2 Å². The maximum Gasteiger partial charge on any atom is 0.433 e. The number of morpholine rings is 1. The van der Waals surface area contributed by atoms with Crippen LogP contribution >= 0.6 is 0 Å². The Morgan fingerprint density at radius 1 is 0.979 bits per heavy atom. The van der Waals surface area contributed by atoms with E-state index in [2.05, 4.69) is 9.97 Å². The first kappa shape index (κ1) is 34.2. The molecule has 47 heavy (non-hydrogen) atoms. The fourth-order valence-electron chi connectivity index (χ4n) is 6.07. The van der Waals surface area contributed by atoms with Crippen LogP contribution in [0, 0.1) is 0 Å². The molecular weight excluding hydrogens is 649 g/mol. The molecule has 3 aromatic rings. The fraction of sp³-hybridized carbons (Fsp3) is 0.433. The Bertz CT molecular complexity index is 1620. The minimum absolute atomic E-state index is 0.00150. The van der Waals surface area contributed by atoms with Crippen molar-refractivity contribution in [3.63, 3.8) is 0 Å². The summed E-state index contributed by atoms with van der Waals surface area (Å²) in [5.74, 6) is -1.21. The van der Waals surface area contributed by atoms with Gasteiger partial charge in [0.25, 0.3) is 0 Å². The number of ether oxygens (including phenoxy) is 1. The Kier molecular flexibility index (Phi) is 8.85. The summed E-state index contributed by atoms with van der Waals surface area (Å²) in [4.78, 5) is 23.3. The van der Waals surface area contributed by atoms with Crippen LogP contribution in [-0.2, 0) is 36.1 Å². The molecule has 4 heterocycles. The van der Waals surface area contributed by atoms with E-state index < -0.39 is 59.4 Å². The number of aromatic nitrogens is 2. The molecule has 0 spiro atoms. The Morgan fingerprint density at radius 2 is 1.60 bits per heavy atom. The smallest absolute Gasteiger partial charge is 0.433 e. The summed E-state index contributed by atoms with van der Waals surface area (Å²) in [7, 11) is 0. The van der Waals surface area contributed by atoms with Gasteiger partial charge in [0.1, 0.15) is 11.4 Å². The summed E-state index contributed by atoms with van der Waals surface area (Å²) in [6, 6.07) is 4.24. The van der Waals surface area contributed by atoms with Crippen molar-refractivity contribution in [3.8, 4) is 0 Å². The van der Waals surface area contributed by atoms with E-state index in [0.29, 0.717) is 55.1 Å². The molecule has 5 rings (SSSR count). The topological polar surface area (TPSA) is 105 Å². The summed E-state index contributed by atoms with van der Waals surface area (Å²) < 4.78 is 128. The predicted octanol–water partition coefficient (Wildman–Crippen LogP) is 6.85. The lowest BCUT2D eigenvalue weighted by Gasteiger charge is -2.48. The summed E-state index contributed by atoms with van der Waals surface area (Å²) >= 11 is 0. The van der Waals surface area contributed by atoms with E-state index in [4.69, 9.17) is 10.5 Å². The van der Waals surface area contributed by atoms with Crippen LogP contribution in [0.3, 0.4) is 0 Å². The maximum atomic E-state index is 13.7. The predicted molar refractivity (Wildman–Crippen MR) is 150 cm³/mol. The number of carboxylic acid groups (broad SMARTS) is 1. The molecule has 2 aromatic heterocycles. The first-order valence-electron chi connectivity index (χ1n) is 14.3. The van der Waals surface area contributed by atoms with Crippen molar-refractivity contribution < 1.29 is 54.2 Å². The molecule has 254 valence electrons. The second-order valence-electron chi connectivity index (χ2n) is 11.3. The third-order valence-electron chi connectivity index (χ3n) is 8.39. The molecule has 2 unspecified atom stereocenters. The van der Waals surface area contributed by atoms with Crippen molar-refractivity contribution in [1.29, 1.82) is 0 Å². The van der Waals surface area contributed by atoms with Crippen LogP contribution in [0.2, 0.25) is 0 Å². The third kappa shape index (κ3) is 6.81. The van der Waals surface area contributed by atoms with Gasteiger partial charge >= 0.3 is 24.6 Å². The summed E-state index contributed by atoms with van der Waals surface area (Å²) in [5, 5.41) is 10.2. The highest BCUT2D eigenvalue weighted by molar-refractivity contribution is 5.89. The molecule has 1 saturated heterocycles. The van der Waals surface area contributed by atoms with E-state index in [1.54, 1.807) is 0 Å². The van der Waals surface area contributed by atoms with Gasteiger partial charge in [-0.1, -0.05) is 6.92 Å². The highest BCUT2D eigenvalue weighted by Crippen LogP contribution is 2.46. The molecule has 17 heteroatoms. The number of hydrogen-bond acceptors (Lipinski definition) is 6. The molecule has 1 fully saturated rings. The minimum atomic E-state index is -5.11. The zero-order chi connectivity index (χ0) is 34.5. The van der Waals surface area contributed by atoms with Crippen LogP contribution < -0.4 is 15.5 Å². The van der Waals surface area contributed by atoms with Crippen molar-refractivity contribution >= 4 is 17.5 Å². The van der Waals surface area contributed by atoms with Crippen molar-refractivity contribution in [1.82, 2.24) is 9.97 Å². The summed E-state index contributed by atoms with van der Waals surface area (Å²) in [6.07, 6.45) is -16.3. The second-order valence-corrected chi connectivity index (χ2v) is 11.3. The average Bonchev–Trinajstić information content (AvgIpc) is 2.99. The molecule has 1 amide bonds. The number of alkyl halides is 9. The molecule has 8 nitrogen and oxygen atoms in total. The van der Waals surface area contributed by atoms with E-state index >= 15 is 0 Å². The van der Waals surface area contributed by atoms with Gasteiger partial charge in [-0.3, -0.25) is 9.88 Å². The van der Waals surface area contributed by atoms with Crippen molar-refractivity contribution in [2.75, 3.05) is 36.1 Å². The average molecular weight is 678 g/mol. The van der Waals surface area contributed by atoms with Crippen molar-refractivity contribution in [2.45, 2.75) is 56.3 Å². The molecule has 2 aliphatic rings. The number of halogens is 9. The van der Waals surface area contributed by atoms with E-state index in [1.807, 2.05) is 4.90 Å². The van der Waals surface area contributed by atoms with Gasteiger partial charge in [-0.05, 0) is 60.4 Å². The zero-order valence-electron chi connectivity index (χ0n) is 24.6.